The van der Waals surface area contributed by atoms with Gasteiger partial charge < -0.3 is 20.4 Å². The number of likely N-dealkylation sites (tertiary alicyclic amines) is 1. The van der Waals surface area contributed by atoms with Crippen molar-refractivity contribution in [3.8, 4) is 10.6 Å². The molecule has 1 atom stereocenters. The molecule has 1 fully saturated rings. The third-order valence-electron chi connectivity index (χ3n) is 6.66. The minimum atomic E-state index is -0.438. The summed E-state index contributed by atoms with van der Waals surface area (Å²) in [5, 5.41) is 7.05. The lowest BCUT2D eigenvalue weighted by Crippen LogP contribution is -2.46. The molecule has 2 amide bonds. The Balaban J connectivity index is 1.24. The molecule has 38 heavy (non-hydrogen) atoms. The second-order valence-corrected chi connectivity index (χ2v) is 10.2. The second kappa shape index (κ2) is 11.6. The number of amides is 2. The van der Waals surface area contributed by atoms with Crippen LogP contribution in [-0.2, 0) is 9.59 Å². The van der Waals surface area contributed by atoms with Gasteiger partial charge in [-0.15, -0.1) is 0 Å². The quantitative estimate of drug-likeness (QED) is 0.491. The van der Waals surface area contributed by atoms with Gasteiger partial charge in [0.1, 0.15) is 17.6 Å². The van der Waals surface area contributed by atoms with Crippen molar-refractivity contribution in [3.05, 3.63) is 90.5 Å². The lowest BCUT2D eigenvalue weighted by Gasteiger charge is -2.28. The van der Waals surface area contributed by atoms with Gasteiger partial charge in [-0.25, -0.2) is 9.37 Å². The van der Waals surface area contributed by atoms with E-state index in [9.17, 15) is 14.0 Å². The van der Waals surface area contributed by atoms with Crippen molar-refractivity contribution in [2.45, 2.75) is 31.7 Å². The van der Waals surface area contributed by atoms with Crippen LogP contribution in [0.15, 0.2) is 84.7 Å². The highest BCUT2D eigenvalue weighted by Crippen LogP contribution is 2.32. The maximum absolute atomic E-state index is 14.1. The molecule has 8 nitrogen and oxygen atoms in total. The van der Waals surface area contributed by atoms with Crippen molar-refractivity contribution < 1.29 is 14.0 Å². The zero-order valence-corrected chi connectivity index (χ0v) is 21.7. The van der Waals surface area contributed by atoms with Crippen LogP contribution in [0.2, 0.25) is 0 Å². The summed E-state index contributed by atoms with van der Waals surface area (Å²) in [6, 6.07) is 2.52. The number of anilines is 1. The number of carbonyl (C=O) groups is 2. The first-order chi connectivity index (χ1) is 18.5. The number of nitrogens with zero attached hydrogens (tertiary/aromatic N) is 4. The molecule has 2 N–H and O–H groups in total. The summed E-state index contributed by atoms with van der Waals surface area (Å²) in [7, 11) is 0. The zero-order chi connectivity index (χ0) is 26.5. The summed E-state index contributed by atoms with van der Waals surface area (Å²) in [6.07, 6.45) is 17.9. The molecule has 196 valence electrons. The van der Waals surface area contributed by atoms with Crippen LogP contribution in [0.25, 0.3) is 10.6 Å². The van der Waals surface area contributed by atoms with Gasteiger partial charge in [-0.1, -0.05) is 36.1 Å². The van der Waals surface area contributed by atoms with Gasteiger partial charge in [-0.05, 0) is 49.1 Å². The van der Waals surface area contributed by atoms with Crippen molar-refractivity contribution in [1.29, 1.82) is 0 Å². The number of halogens is 1. The molecule has 0 unspecified atom stereocenters. The van der Waals surface area contributed by atoms with E-state index in [1.165, 1.54) is 29.1 Å². The maximum Gasteiger partial charge on any atom is 0.246 e. The van der Waals surface area contributed by atoms with E-state index in [-0.39, 0.29) is 23.3 Å². The normalized spacial score (nSPS) is 18.7. The van der Waals surface area contributed by atoms with Crippen molar-refractivity contribution in [3.63, 3.8) is 0 Å². The number of thiazole rings is 1. The Morgan fingerprint density at radius 2 is 2.16 bits per heavy atom. The molecular weight excluding hydrogens is 503 g/mol. The Hall–Kier alpha value is -4.05. The summed E-state index contributed by atoms with van der Waals surface area (Å²) >= 11 is 1.35. The molecular formula is C28H29FN6O2S. The molecule has 4 heterocycles. The second-order valence-electron chi connectivity index (χ2n) is 9.14. The van der Waals surface area contributed by atoms with E-state index in [1.54, 1.807) is 23.4 Å². The highest BCUT2D eigenvalue weighted by Gasteiger charge is 2.32. The molecule has 0 spiro atoms. The highest BCUT2D eigenvalue weighted by molar-refractivity contribution is 7.18. The fourth-order valence-electron chi connectivity index (χ4n) is 4.82. The maximum atomic E-state index is 14.1. The van der Waals surface area contributed by atoms with Crippen molar-refractivity contribution >= 4 is 28.3 Å². The number of hydrogen-bond donors (Lipinski definition) is 2. The minimum absolute atomic E-state index is 0.129. The largest absolute Gasteiger partial charge is 0.353 e. The molecule has 2 aromatic rings. The predicted octanol–water partition coefficient (Wildman–Crippen LogP) is 4.37. The third-order valence-corrected chi connectivity index (χ3v) is 7.58. The SMILES string of the molecule is C=CC(=O)N1CCC[C@H]1C(=O)NCCN1C=CCC2=C1C=C(Nc1ncc(-c3ncccc3F)s1)CC=C2. The Bertz CT molecular complexity index is 1360. The molecule has 0 radical (unpaired) electrons. The molecule has 2 aliphatic heterocycles. The average molecular weight is 533 g/mol. The smallest absolute Gasteiger partial charge is 0.246 e. The van der Waals surface area contributed by atoms with Gasteiger partial charge in [-0.2, -0.15) is 0 Å². The van der Waals surface area contributed by atoms with Crippen LogP contribution in [0.1, 0.15) is 25.7 Å². The van der Waals surface area contributed by atoms with Crippen molar-refractivity contribution in [1.82, 2.24) is 25.1 Å². The molecule has 0 bridgehead atoms. The van der Waals surface area contributed by atoms with E-state index >= 15 is 0 Å². The van der Waals surface area contributed by atoms with Gasteiger partial charge in [0.2, 0.25) is 11.8 Å². The summed E-state index contributed by atoms with van der Waals surface area (Å²) in [6.45, 7) is 5.15. The number of rotatable bonds is 8. The van der Waals surface area contributed by atoms with Gasteiger partial charge in [0, 0.05) is 56.0 Å². The molecule has 10 heteroatoms. The van der Waals surface area contributed by atoms with Crippen LogP contribution >= 0.6 is 11.3 Å². The first-order valence-corrected chi connectivity index (χ1v) is 13.4. The summed E-state index contributed by atoms with van der Waals surface area (Å²) in [5.41, 5.74) is 3.49. The van der Waals surface area contributed by atoms with Gasteiger partial charge in [0.25, 0.3) is 0 Å². The molecule has 2 aromatic heterocycles. The number of aromatic nitrogens is 2. The van der Waals surface area contributed by atoms with E-state index in [0.717, 1.165) is 24.2 Å². The number of allylic oxidation sites excluding steroid dienone is 5. The van der Waals surface area contributed by atoms with Gasteiger partial charge in [-0.3, -0.25) is 14.6 Å². The Kier molecular flexibility index (Phi) is 7.78. The summed E-state index contributed by atoms with van der Waals surface area (Å²) in [4.78, 5) is 37.8. The van der Waals surface area contributed by atoms with E-state index in [4.69, 9.17) is 0 Å². The van der Waals surface area contributed by atoms with Crippen LogP contribution in [-0.4, -0.2) is 57.3 Å². The number of carbonyl (C=O) groups excluding carboxylic acids is 2. The third kappa shape index (κ3) is 5.60. The monoisotopic (exact) mass is 532 g/mol. The first kappa shape index (κ1) is 25.6. The van der Waals surface area contributed by atoms with Gasteiger partial charge >= 0.3 is 0 Å². The van der Waals surface area contributed by atoms with E-state index in [2.05, 4.69) is 56.4 Å². The number of nitrogens with one attached hydrogen (secondary N) is 2. The van der Waals surface area contributed by atoms with Crippen LogP contribution < -0.4 is 10.6 Å². The fourth-order valence-corrected chi connectivity index (χ4v) is 5.67. The lowest BCUT2D eigenvalue weighted by molar-refractivity contribution is -0.135. The van der Waals surface area contributed by atoms with Gasteiger partial charge in [0.05, 0.1) is 4.88 Å². The standard InChI is InChI=1S/C28H29FN6O2S/c1-2-25(36)35-15-6-11-22(35)27(37)31-13-16-34-14-5-8-19-7-3-9-20(17-23(19)34)33-28-32-18-24(38-28)26-21(29)10-4-12-30-26/h2-5,7,10,12,14,17-18,22H,1,6,8-9,11,13,15-16H2,(H,31,37)(H,32,33)/t22-/m0/s1. The Labute approximate surface area is 225 Å². The highest BCUT2D eigenvalue weighted by atomic mass is 32.1. The number of hydrogen-bond acceptors (Lipinski definition) is 7. The minimum Gasteiger partial charge on any atom is -0.353 e. The molecule has 1 saturated heterocycles. The molecule has 5 rings (SSSR count). The fraction of sp³-hybridized carbons (Fsp3) is 0.286. The van der Waals surface area contributed by atoms with Crippen LogP contribution in [0.3, 0.4) is 0 Å². The van der Waals surface area contributed by atoms with Crippen LogP contribution in [0.4, 0.5) is 9.52 Å². The topological polar surface area (TPSA) is 90.5 Å². The van der Waals surface area contributed by atoms with Gasteiger partial charge in [0.15, 0.2) is 5.13 Å². The molecule has 3 aliphatic rings. The number of pyridine rings is 1. The van der Waals surface area contributed by atoms with E-state index < -0.39 is 6.04 Å². The first-order valence-electron chi connectivity index (χ1n) is 12.6. The molecule has 0 aromatic carbocycles. The molecule has 0 saturated carbocycles. The average Bonchev–Trinajstić information content (AvgIpc) is 3.55. The lowest BCUT2D eigenvalue weighted by atomic mass is 10.1. The molecule has 1 aliphatic carbocycles. The van der Waals surface area contributed by atoms with Crippen molar-refractivity contribution in [2.24, 2.45) is 0 Å². The Morgan fingerprint density at radius 3 is 3.00 bits per heavy atom. The van der Waals surface area contributed by atoms with E-state index in [1.807, 2.05) is 6.20 Å². The van der Waals surface area contributed by atoms with Crippen LogP contribution in [0, 0.1) is 5.82 Å². The van der Waals surface area contributed by atoms with Crippen LogP contribution in [0.5, 0.6) is 0 Å². The van der Waals surface area contributed by atoms with Crippen molar-refractivity contribution in [2.75, 3.05) is 25.0 Å². The predicted molar refractivity (Wildman–Crippen MR) is 146 cm³/mol. The Morgan fingerprint density at radius 1 is 1.26 bits per heavy atom. The van der Waals surface area contributed by atoms with E-state index in [0.29, 0.717) is 42.5 Å². The summed E-state index contributed by atoms with van der Waals surface area (Å²) < 4.78 is 14.1. The zero-order valence-electron chi connectivity index (χ0n) is 20.9. The summed E-state index contributed by atoms with van der Waals surface area (Å²) in [5.74, 6) is -0.710.